The number of amides is 2. The van der Waals surface area contributed by atoms with E-state index >= 15 is 0 Å². The topological polar surface area (TPSA) is 85.5 Å². The van der Waals surface area contributed by atoms with Gasteiger partial charge in [0, 0.05) is 25.5 Å². The molecule has 6 heteroatoms. The number of benzene rings is 1. The summed E-state index contributed by atoms with van der Waals surface area (Å²) in [5.74, 6) is -0.0787. The number of pyridine rings is 1. The summed E-state index contributed by atoms with van der Waals surface area (Å²) in [6.45, 7) is 1.80. The van der Waals surface area contributed by atoms with Gasteiger partial charge in [-0.1, -0.05) is 12.1 Å². The maximum Gasteiger partial charge on any atom is 0.255 e. The summed E-state index contributed by atoms with van der Waals surface area (Å²) >= 11 is 0. The van der Waals surface area contributed by atoms with Gasteiger partial charge in [0.15, 0.2) is 6.61 Å². The number of primary amides is 1. The van der Waals surface area contributed by atoms with Gasteiger partial charge in [0.1, 0.15) is 5.75 Å². The molecule has 0 aliphatic rings. The molecule has 1 atom stereocenters. The fourth-order valence-corrected chi connectivity index (χ4v) is 2.17. The minimum absolute atomic E-state index is 0.0512. The third-order valence-electron chi connectivity index (χ3n) is 3.80. The largest absolute Gasteiger partial charge is 0.484 e. The second kappa shape index (κ2) is 8.63. The van der Waals surface area contributed by atoms with Crippen molar-refractivity contribution in [2.45, 2.75) is 13.0 Å². The average molecular weight is 339 g/mol. The molecule has 0 bridgehead atoms. The lowest BCUT2D eigenvalue weighted by Crippen LogP contribution is -2.27. The molecule has 130 valence electrons. The highest BCUT2D eigenvalue weighted by Crippen LogP contribution is 2.18. The normalized spacial score (nSPS) is 11.9. The second-order valence-corrected chi connectivity index (χ2v) is 5.56. The highest BCUT2D eigenvalue weighted by Gasteiger charge is 2.14. The van der Waals surface area contributed by atoms with E-state index < -0.39 is 5.91 Å². The van der Waals surface area contributed by atoms with Crippen LogP contribution in [0.5, 0.6) is 5.75 Å². The summed E-state index contributed by atoms with van der Waals surface area (Å²) < 4.78 is 5.19. The van der Waals surface area contributed by atoms with Gasteiger partial charge in [-0.25, -0.2) is 0 Å². The Hall–Kier alpha value is -3.15. The number of rotatable bonds is 7. The van der Waals surface area contributed by atoms with Crippen molar-refractivity contribution >= 4 is 17.9 Å². The van der Waals surface area contributed by atoms with Crippen molar-refractivity contribution in [3.05, 3.63) is 66.0 Å². The molecule has 0 unspecified atom stereocenters. The van der Waals surface area contributed by atoms with Crippen LogP contribution in [0.15, 0.2) is 54.9 Å². The minimum atomic E-state index is -0.527. The van der Waals surface area contributed by atoms with Gasteiger partial charge in [-0.3, -0.25) is 14.6 Å². The van der Waals surface area contributed by atoms with Crippen molar-refractivity contribution in [2.24, 2.45) is 5.73 Å². The molecule has 2 aromatic rings. The third-order valence-corrected chi connectivity index (χ3v) is 3.80. The van der Waals surface area contributed by atoms with Gasteiger partial charge < -0.3 is 15.4 Å². The highest BCUT2D eigenvalue weighted by molar-refractivity contribution is 5.91. The van der Waals surface area contributed by atoms with Crippen LogP contribution in [0.1, 0.15) is 24.1 Å². The van der Waals surface area contributed by atoms with E-state index in [0.29, 0.717) is 5.75 Å². The molecule has 0 spiro atoms. The molecule has 1 heterocycles. The van der Waals surface area contributed by atoms with Crippen LogP contribution in [0.2, 0.25) is 0 Å². The molecule has 0 saturated heterocycles. The summed E-state index contributed by atoms with van der Waals surface area (Å²) in [7, 11) is 1.76. The van der Waals surface area contributed by atoms with E-state index in [2.05, 4.69) is 4.98 Å². The zero-order valence-electron chi connectivity index (χ0n) is 14.3. The lowest BCUT2D eigenvalue weighted by Gasteiger charge is -2.23. The zero-order chi connectivity index (χ0) is 18.2. The van der Waals surface area contributed by atoms with Crippen LogP contribution in [-0.2, 0) is 9.59 Å². The fraction of sp³-hybridized carbons (Fsp3) is 0.211. The lowest BCUT2D eigenvalue weighted by molar-refractivity contribution is -0.126. The molecule has 2 amide bonds. The second-order valence-electron chi connectivity index (χ2n) is 5.56. The third kappa shape index (κ3) is 5.46. The monoisotopic (exact) mass is 339 g/mol. The Morgan fingerprint density at radius 1 is 1.20 bits per heavy atom. The Morgan fingerprint density at radius 2 is 1.84 bits per heavy atom. The van der Waals surface area contributed by atoms with Gasteiger partial charge in [-0.15, -0.1) is 0 Å². The molecule has 6 nitrogen and oxygen atoms in total. The fourth-order valence-electron chi connectivity index (χ4n) is 2.17. The van der Waals surface area contributed by atoms with Crippen LogP contribution in [0.25, 0.3) is 6.08 Å². The van der Waals surface area contributed by atoms with E-state index in [1.54, 1.807) is 54.7 Å². The molecule has 0 aliphatic carbocycles. The quantitative estimate of drug-likeness (QED) is 0.784. The molecule has 25 heavy (non-hydrogen) atoms. The van der Waals surface area contributed by atoms with E-state index in [9.17, 15) is 9.59 Å². The molecule has 0 aliphatic heterocycles. The first-order chi connectivity index (χ1) is 12.0. The van der Waals surface area contributed by atoms with E-state index in [0.717, 1.165) is 11.1 Å². The SMILES string of the molecule is C[C@@H](c1ccncc1)N(C)C(=O)/C=C\c1ccc(OCC(N)=O)cc1. The highest BCUT2D eigenvalue weighted by atomic mass is 16.5. The molecule has 0 radical (unpaired) electrons. The molecule has 1 aromatic carbocycles. The Balaban J connectivity index is 1.96. The van der Waals surface area contributed by atoms with Gasteiger partial charge >= 0.3 is 0 Å². The lowest BCUT2D eigenvalue weighted by atomic mass is 10.1. The van der Waals surface area contributed by atoms with Crippen LogP contribution < -0.4 is 10.5 Å². The van der Waals surface area contributed by atoms with Crippen LogP contribution in [0.4, 0.5) is 0 Å². The van der Waals surface area contributed by atoms with E-state index in [1.807, 2.05) is 19.1 Å². The van der Waals surface area contributed by atoms with Crippen LogP contribution in [0.3, 0.4) is 0 Å². The minimum Gasteiger partial charge on any atom is -0.484 e. The molecule has 0 fully saturated rings. The van der Waals surface area contributed by atoms with E-state index in [-0.39, 0.29) is 18.6 Å². The number of nitrogens with zero attached hydrogens (tertiary/aromatic N) is 2. The summed E-state index contributed by atoms with van der Waals surface area (Å²) in [6, 6.07) is 10.8. The molecular weight excluding hydrogens is 318 g/mol. The molecule has 2 rings (SSSR count). The van der Waals surface area contributed by atoms with Crippen molar-refractivity contribution in [2.75, 3.05) is 13.7 Å². The number of hydrogen-bond donors (Lipinski definition) is 1. The van der Waals surface area contributed by atoms with Crippen LogP contribution >= 0.6 is 0 Å². The first-order valence-electron chi connectivity index (χ1n) is 7.83. The molecular formula is C19H21N3O3. The first kappa shape index (κ1) is 18.2. The molecule has 2 N–H and O–H groups in total. The van der Waals surface area contributed by atoms with E-state index in [4.69, 9.17) is 10.5 Å². The van der Waals surface area contributed by atoms with Gasteiger partial charge in [-0.2, -0.15) is 0 Å². The predicted molar refractivity (Wildman–Crippen MR) is 95.6 cm³/mol. The Kier molecular flexibility index (Phi) is 6.28. The summed E-state index contributed by atoms with van der Waals surface area (Å²) in [4.78, 5) is 28.6. The Bertz CT molecular complexity index is 742. The standard InChI is InChI=1S/C19H21N3O3/c1-14(16-9-11-21-12-10-16)22(2)19(24)8-5-15-3-6-17(7-4-15)25-13-18(20)23/h3-12,14H,13H2,1-2H3,(H2,20,23)/b8-5-/t14-/m0/s1. The maximum atomic E-state index is 12.3. The first-order valence-corrected chi connectivity index (χ1v) is 7.83. The molecule has 1 aromatic heterocycles. The number of aromatic nitrogens is 1. The van der Waals surface area contributed by atoms with Gasteiger partial charge in [0.05, 0.1) is 6.04 Å². The smallest absolute Gasteiger partial charge is 0.255 e. The average Bonchev–Trinajstić information content (AvgIpc) is 2.64. The van der Waals surface area contributed by atoms with Crippen molar-refractivity contribution in [3.63, 3.8) is 0 Å². The number of ether oxygens (including phenoxy) is 1. The summed E-state index contributed by atoms with van der Waals surface area (Å²) in [6.07, 6.45) is 6.68. The van der Waals surface area contributed by atoms with Gasteiger partial charge in [0.2, 0.25) is 5.91 Å². The predicted octanol–water partition coefficient (Wildman–Crippen LogP) is 2.18. The number of hydrogen-bond acceptors (Lipinski definition) is 4. The zero-order valence-corrected chi connectivity index (χ0v) is 14.3. The van der Waals surface area contributed by atoms with Crippen LogP contribution in [0, 0.1) is 0 Å². The number of nitrogens with two attached hydrogens (primary N) is 1. The summed E-state index contributed by atoms with van der Waals surface area (Å²) in [5.41, 5.74) is 6.90. The number of carbonyl (C=O) groups is 2. The van der Waals surface area contributed by atoms with Gasteiger partial charge in [0.25, 0.3) is 5.91 Å². The summed E-state index contributed by atoms with van der Waals surface area (Å²) in [5, 5.41) is 0. The number of likely N-dealkylation sites (N-methyl/N-ethyl adjacent to an activating group) is 1. The Labute approximate surface area is 146 Å². The number of carbonyl (C=O) groups excluding carboxylic acids is 2. The van der Waals surface area contributed by atoms with Crippen molar-refractivity contribution in [1.29, 1.82) is 0 Å². The Morgan fingerprint density at radius 3 is 2.44 bits per heavy atom. The van der Waals surface area contributed by atoms with Crippen molar-refractivity contribution in [1.82, 2.24) is 9.88 Å². The van der Waals surface area contributed by atoms with Crippen LogP contribution in [-0.4, -0.2) is 35.4 Å². The van der Waals surface area contributed by atoms with Gasteiger partial charge in [-0.05, 0) is 48.4 Å². The van der Waals surface area contributed by atoms with Crippen molar-refractivity contribution in [3.8, 4) is 5.75 Å². The maximum absolute atomic E-state index is 12.3. The molecule has 0 saturated carbocycles. The van der Waals surface area contributed by atoms with Crippen molar-refractivity contribution < 1.29 is 14.3 Å². The van der Waals surface area contributed by atoms with E-state index in [1.165, 1.54) is 6.08 Å².